The van der Waals surface area contributed by atoms with Crippen LogP contribution in [0.4, 0.5) is 0 Å². The van der Waals surface area contributed by atoms with E-state index in [4.69, 9.17) is 0 Å². The van der Waals surface area contributed by atoms with Crippen LogP contribution in [-0.2, 0) is 16.8 Å². The zero-order chi connectivity index (χ0) is 21.0. The summed E-state index contributed by atoms with van der Waals surface area (Å²) in [6.45, 7) is 8.39. The Morgan fingerprint density at radius 1 is 0.966 bits per heavy atom. The molecule has 1 heterocycles. The van der Waals surface area contributed by atoms with E-state index in [2.05, 4.69) is 20.8 Å². The molecule has 154 valence electrons. The van der Waals surface area contributed by atoms with Gasteiger partial charge < -0.3 is 9.80 Å². The highest BCUT2D eigenvalue weighted by atomic mass is 16.2. The van der Waals surface area contributed by atoms with Gasteiger partial charge in [0.25, 0.3) is 5.91 Å². The molecule has 0 N–H and O–H groups in total. The first-order valence-electron chi connectivity index (χ1n) is 10.4. The van der Waals surface area contributed by atoms with Gasteiger partial charge in [-0.3, -0.25) is 9.59 Å². The topological polar surface area (TPSA) is 40.6 Å². The lowest BCUT2D eigenvalue weighted by Crippen LogP contribution is -2.43. The Morgan fingerprint density at radius 3 is 2.10 bits per heavy atom. The van der Waals surface area contributed by atoms with E-state index in [1.54, 1.807) is 0 Å². The van der Waals surface area contributed by atoms with Crippen molar-refractivity contribution >= 4 is 11.8 Å². The van der Waals surface area contributed by atoms with Gasteiger partial charge in [0, 0.05) is 38.2 Å². The third-order valence-corrected chi connectivity index (χ3v) is 5.77. The summed E-state index contributed by atoms with van der Waals surface area (Å²) in [6.07, 6.45) is 1.45. The van der Waals surface area contributed by atoms with Crippen LogP contribution in [-0.4, -0.2) is 41.8 Å². The largest absolute Gasteiger partial charge is 0.341 e. The molecule has 0 unspecified atom stereocenters. The molecule has 0 bridgehead atoms. The third kappa shape index (κ3) is 5.26. The SMILES string of the molecule is CN(Cc1ccccc1)C(=O)C1CCN(C(=O)c2ccc(C(C)(C)C)cc2)CC1. The maximum atomic E-state index is 12.8. The van der Waals surface area contributed by atoms with Crippen molar-refractivity contribution < 1.29 is 9.59 Å². The van der Waals surface area contributed by atoms with E-state index < -0.39 is 0 Å². The van der Waals surface area contributed by atoms with Gasteiger partial charge in [0.2, 0.25) is 5.91 Å². The van der Waals surface area contributed by atoms with E-state index in [0.29, 0.717) is 19.6 Å². The predicted molar refractivity (Wildman–Crippen MR) is 117 cm³/mol. The lowest BCUT2D eigenvalue weighted by Gasteiger charge is -2.33. The molecular formula is C25H32N2O2. The smallest absolute Gasteiger partial charge is 0.253 e. The molecule has 4 nitrogen and oxygen atoms in total. The van der Waals surface area contributed by atoms with Crippen molar-refractivity contribution in [2.45, 2.75) is 45.6 Å². The van der Waals surface area contributed by atoms with Crippen molar-refractivity contribution in [3.63, 3.8) is 0 Å². The second-order valence-corrected chi connectivity index (χ2v) is 9.07. The van der Waals surface area contributed by atoms with Crippen LogP contribution in [0.15, 0.2) is 54.6 Å². The number of hydrogen-bond donors (Lipinski definition) is 0. The summed E-state index contributed by atoms with van der Waals surface area (Å²) < 4.78 is 0. The standard InChI is InChI=1S/C25H32N2O2/c1-25(2,3)22-12-10-20(11-13-22)24(29)27-16-14-21(15-17-27)23(28)26(4)18-19-8-6-5-7-9-19/h5-13,21H,14-18H2,1-4H3. The van der Waals surface area contributed by atoms with Crippen molar-refractivity contribution in [3.8, 4) is 0 Å². The second kappa shape index (κ2) is 8.81. The molecule has 0 radical (unpaired) electrons. The molecule has 0 spiro atoms. The maximum absolute atomic E-state index is 12.8. The molecule has 0 saturated carbocycles. The van der Waals surface area contributed by atoms with Crippen LogP contribution < -0.4 is 0 Å². The first kappa shape index (κ1) is 21.1. The Kier molecular flexibility index (Phi) is 6.41. The third-order valence-electron chi connectivity index (χ3n) is 5.77. The summed E-state index contributed by atoms with van der Waals surface area (Å²) in [7, 11) is 1.86. The van der Waals surface area contributed by atoms with Gasteiger partial charge >= 0.3 is 0 Å². The Hall–Kier alpha value is -2.62. The molecule has 1 aliphatic heterocycles. The van der Waals surface area contributed by atoms with Gasteiger partial charge in [-0.15, -0.1) is 0 Å². The summed E-state index contributed by atoms with van der Waals surface area (Å²) in [6, 6.07) is 18.0. The first-order valence-corrected chi connectivity index (χ1v) is 10.4. The molecule has 0 aliphatic carbocycles. The lowest BCUT2D eigenvalue weighted by molar-refractivity contribution is -0.136. The molecule has 1 saturated heterocycles. The van der Waals surface area contributed by atoms with E-state index in [1.807, 2.05) is 71.4 Å². The highest BCUT2D eigenvalue weighted by Gasteiger charge is 2.29. The molecule has 0 aromatic heterocycles. The van der Waals surface area contributed by atoms with Crippen molar-refractivity contribution in [1.29, 1.82) is 0 Å². The van der Waals surface area contributed by atoms with Gasteiger partial charge in [0.05, 0.1) is 0 Å². The van der Waals surface area contributed by atoms with E-state index >= 15 is 0 Å². The fourth-order valence-electron chi connectivity index (χ4n) is 3.87. The molecule has 2 amide bonds. The maximum Gasteiger partial charge on any atom is 0.253 e. The molecule has 3 rings (SSSR count). The summed E-state index contributed by atoms with van der Waals surface area (Å²) in [5.74, 6) is 0.237. The fraction of sp³-hybridized carbons (Fsp3) is 0.440. The van der Waals surface area contributed by atoms with Gasteiger partial charge in [-0.05, 0) is 41.5 Å². The van der Waals surface area contributed by atoms with Crippen LogP contribution in [0, 0.1) is 5.92 Å². The number of nitrogens with zero attached hydrogens (tertiary/aromatic N) is 2. The Bertz CT molecular complexity index is 829. The van der Waals surface area contributed by atoms with E-state index in [1.165, 1.54) is 5.56 Å². The molecule has 1 aliphatic rings. The summed E-state index contributed by atoms with van der Waals surface area (Å²) in [4.78, 5) is 29.3. The van der Waals surface area contributed by atoms with Crippen LogP contribution in [0.3, 0.4) is 0 Å². The quantitative estimate of drug-likeness (QED) is 0.769. The number of piperidine rings is 1. The minimum Gasteiger partial charge on any atom is -0.341 e. The Morgan fingerprint density at radius 2 is 1.55 bits per heavy atom. The van der Waals surface area contributed by atoms with Crippen LogP contribution in [0.5, 0.6) is 0 Å². The monoisotopic (exact) mass is 392 g/mol. The number of carbonyl (C=O) groups is 2. The van der Waals surface area contributed by atoms with Gasteiger partial charge in [-0.2, -0.15) is 0 Å². The van der Waals surface area contributed by atoms with Gasteiger partial charge in [-0.1, -0.05) is 63.2 Å². The number of benzene rings is 2. The minimum absolute atomic E-state index is 0.00368. The molecular weight excluding hydrogens is 360 g/mol. The molecule has 4 heteroatoms. The molecule has 2 aromatic rings. The van der Waals surface area contributed by atoms with Crippen LogP contribution in [0.1, 0.15) is 55.1 Å². The number of likely N-dealkylation sites (tertiary alicyclic amines) is 1. The van der Waals surface area contributed by atoms with Crippen molar-refractivity contribution in [2.75, 3.05) is 20.1 Å². The Labute approximate surface area is 174 Å². The van der Waals surface area contributed by atoms with E-state index in [0.717, 1.165) is 24.0 Å². The van der Waals surface area contributed by atoms with Crippen LogP contribution >= 0.6 is 0 Å². The van der Waals surface area contributed by atoms with Crippen molar-refractivity contribution in [1.82, 2.24) is 9.80 Å². The number of rotatable bonds is 4. The zero-order valence-corrected chi connectivity index (χ0v) is 18.0. The molecule has 2 aromatic carbocycles. The summed E-state index contributed by atoms with van der Waals surface area (Å²) in [5, 5.41) is 0. The van der Waals surface area contributed by atoms with E-state index in [9.17, 15) is 9.59 Å². The lowest BCUT2D eigenvalue weighted by atomic mass is 9.86. The number of carbonyl (C=O) groups excluding carboxylic acids is 2. The molecule has 29 heavy (non-hydrogen) atoms. The first-order chi connectivity index (χ1) is 13.8. The van der Waals surface area contributed by atoms with Gasteiger partial charge in [-0.25, -0.2) is 0 Å². The number of amides is 2. The molecule has 1 fully saturated rings. The summed E-state index contributed by atoms with van der Waals surface area (Å²) in [5.41, 5.74) is 3.16. The van der Waals surface area contributed by atoms with E-state index in [-0.39, 0.29) is 23.1 Å². The summed E-state index contributed by atoms with van der Waals surface area (Å²) >= 11 is 0. The average Bonchev–Trinajstić information content (AvgIpc) is 2.73. The normalized spacial score (nSPS) is 15.2. The predicted octanol–water partition coefficient (Wildman–Crippen LogP) is 4.49. The van der Waals surface area contributed by atoms with Crippen molar-refractivity contribution in [3.05, 3.63) is 71.3 Å². The van der Waals surface area contributed by atoms with Crippen molar-refractivity contribution in [2.24, 2.45) is 5.92 Å². The zero-order valence-electron chi connectivity index (χ0n) is 18.0. The average molecular weight is 393 g/mol. The Balaban J connectivity index is 1.54. The fourth-order valence-corrected chi connectivity index (χ4v) is 3.87. The highest BCUT2D eigenvalue weighted by Crippen LogP contribution is 2.24. The van der Waals surface area contributed by atoms with Crippen LogP contribution in [0.2, 0.25) is 0 Å². The van der Waals surface area contributed by atoms with Gasteiger partial charge in [0.15, 0.2) is 0 Å². The van der Waals surface area contributed by atoms with Gasteiger partial charge in [0.1, 0.15) is 0 Å². The van der Waals surface area contributed by atoms with Crippen LogP contribution in [0.25, 0.3) is 0 Å². The number of hydrogen-bond acceptors (Lipinski definition) is 2. The minimum atomic E-state index is -0.00368. The highest BCUT2D eigenvalue weighted by molar-refractivity contribution is 5.94. The molecule has 0 atom stereocenters. The second-order valence-electron chi connectivity index (χ2n) is 9.07.